The van der Waals surface area contributed by atoms with Gasteiger partial charge in [0.2, 0.25) is 0 Å². The van der Waals surface area contributed by atoms with E-state index in [0.29, 0.717) is 4.90 Å². The number of hydrogen-bond acceptors (Lipinski definition) is 3. The van der Waals surface area contributed by atoms with Gasteiger partial charge in [-0.1, -0.05) is 6.04 Å². The van der Waals surface area contributed by atoms with Crippen LogP contribution in [0.4, 0.5) is 4.79 Å². The number of nitrogens with one attached hydrogen (secondary N) is 2. The van der Waals surface area contributed by atoms with Crippen LogP contribution in [0.25, 0.3) is 10.9 Å². The van der Waals surface area contributed by atoms with Crippen LogP contribution in [0.5, 0.6) is 0 Å². The minimum atomic E-state index is -2.71. The molecule has 0 radical (unpaired) electrons. The van der Waals surface area contributed by atoms with Gasteiger partial charge in [-0.15, -0.1) is 0 Å². The number of amides is 1. The van der Waals surface area contributed by atoms with E-state index >= 15 is 0 Å². The first kappa shape index (κ1) is 6.83. The molecule has 0 unspecified atom stereocenters. The smallest absolute Gasteiger partial charge is 0.407 e. The van der Waals surface area contributed by atoms with Crippen LogP contribution < -0.4 is 5.32 Å². The highest BCUT2D eigenvalue weighted by Gasteiger charge is 2.22. The maximum Gasteiger partial charge on any atom is 0.407 e. The van der Waals surface area contributed by atoms with Gasteiger partial charge in [-0.05, 0) is 50.1 Å². The van der Waals surface area contributed by atoms with Crippen LogP contribution in [0.1, 0.15) is 23.5 Å². The van der Waals surface area contributed by atoms with Crippen molar-refractivity contribution in [2.24, 2.45) is 0 Å². The first-order valence-corrected chi connectivity index (χ1v) is 6.51. The van der Waals surface area contributed by atoms with Gasteiger partial charge in [-0.2, -0.15) is 0 Å². The standard InChI is InChI=1S/C16H21N3O2/c1-19(2)6-5-12-9-17-15-4-3-11(8-14(12)15)7-13-10-21-16(20)18-13/h3-4,8-9,13,17H,5-7,10H2,1-2H3,(H,18,20)/t13-/m0/s1/i1D3,3D,4D,6D2,8D,9D. The molecule has 2 heterocycles. The number of aryl methyl sites for hydroxylation is 1. The van der Waals surface area contributed by atoms with Crippen molar-refractivity contribution in [3.05, 3.63) is 35.4 Å². The Kier molecular flexibility index (Phi) is 1.88. The van der Waals surface area contributed by atoms with E-state index in [1.807, 2.05) is 0 Å². The minimum Gasteiger partial charge on any atom is -0.447 e. The normalized spacial score (nSPS) is 25.7. The highest BCUT2D eigenvalue weighted by atomic mass is 16.6. The van der Waals surface area contributed by atoms with Crippen molar-refractivity contribution in [2.75, 3.05) is 27.1 Å². The van der Waals surface area contributed by atoms with E-state index in [1.54, 1.807) is 0 Å². The van der Waals surface area contributed by atoms with Crippen LogP contribution in [0.3, 0.4) is 0 Å². The zero-order chi connectivity index (χ0) is 22.6. The Hall–Kier alpha value is -2.01. The zero-order valence-corrected chi connectivity index (χ0v) is 11.5. The highest BCUT2D eigenvalue weighted by molar-refractivity contribution is 5.84. The second-order valence-electron chi connectivity index (χ2n) is 4.87. The van der Waals surface area contributed by atoms with Crippen molar-refractivity contribution >= 4 is 17.0 Å². The number of aromatic nitrogens is 1. The van der Waals surface area contributed by atoms with E-state index in [1.165, 1.54) is 0 Å². The number of nitrogens with zero attached hydrogens (tertiary/aromatic N) is 1. The van der Waals surface area contributed by atoms with E-state index in [-0.39, 0.29) is 59.4 Å². The second kappa shape index (κ2) is 5.77. The maximum atomic E-state index is 11.3. The number of alkyl carbamates (subject to hydrolysis) is 1. The molecule has 1 aliphatic rings. The molecule has 2 N–H and O–H groups in total. The van der Waals surface area contributed by atoms with Crippen LogP contribution in [0, 0.1) is 0 Å². The van der Waals surface area contributed by atoms with Gasteiger partial charge in [0, 0.05) is 30.4 Å². The molecule has 1 fully saturated rings. The monoisotopic (exact) mass is 296 g/mol. The van der Waals surface area contributed by atoms with Gasteiger partial charge < -0.3 is 19.9 Å². The lowest BCUT2D eigenvalue weighted by Crippen LogP contribution is -2.28. The third-order valence-electron chi connectivity index (χ3n) is 3.19. The van der Waals surface area contributed by atoms with E-state index in [0.717, 1.165) is 7.05 Å². The summed E-state index contributed by atoms with van der Waals surface area (Å²) in [5.74, 6) is 0. The average molecular weight is 296 g/mol. The fourth-order valence-corrected chi connectivity index (χ4v) is 2.18. The van der Waals surface area contributed by atoms with Crippen LogP contribution >= 0.6 is 0 Å². The average Bonchev–Trinajstić information content (AvgIpc) is 3.18. The number of ether oxygens (including phenoxy) is 1. The third-order valence-corrected chi connectivity index (χ3v) is 3.19. The lowest BCUT2D eigenvalue weighted by molar-refractivity contribution is 0.177. The summed E-state index contributed by atoms with van der Waals surface area (Å²) < 4.78 is 76.8. The maximum absolute atomic E-state index is 11.3. The predicted octanol–water partition coefficient (Wildman–Crippen LogP) is 1.92. The molecule has 0 aliphatic carbocycles. The number of cyclic esters (lactones) is 1. The molecule has 21 heavy (non-hydrogen) atoms. The molecule has 1 aromatic heterocycles. The molecule has 1 amide bonds. The number of H-pyrrole nitrogens is 1. The Balaban J connectivity index is 2.10. The molecule has 2 aromatic rings. The molecule has 5 nitrogen and oxygen atoms in total. The van der Waals surface area contributed by atoms with Crippen molar-refractivity contribution in [3.8, 4) is 0 Å². The highest BCUT2D eigenvalue weighted by Crippen LogP contribution is 2.21. The van der Waals surface area contributed by atoms with E-state index in [4.69, 9.17) is 17.1 Å². The van der Waals surface area contributed by atoms with Crippen LogP contribution in [0.2, 0.25) is 0 Å². The minimum absolute atomic E-state index is 0.0489. The SMILES string of the molecule is [2H]c1[nH]c2c([2H])c([2H])c(C[C@H]3COC(=O)N3)c([2H])c2c1CC([2H])([2H])N(C)C([2H])([2H])[2H]. The quantitative estimate of drug-likeness (QED) is 0.886. The molecule has 1 aliphatic heterocycles. The van der Waals surface area contributed by atoms with Crippen molar-refractivity contribution in [1.29, 1.82) is 0 Å². The largest absolute Gasteiger partial charge is 0.447 e. The summed E-state index contributed by atoms with van der Waals surface area (Å²) in [6.45, 7) is -5.01. The van der Waals surface area contributed by atoms with Gasteiger partial charge in [0.05, 0.1) is 11.5 Å². The summed E-state index contributed by atoms with van der Waals surface area (Å²) in [4.78, 5) is 14.5. The third kappa shape index (κ3) is 3.19. The molecular formula is C16H21N3O2. The lowest BCUT2D eigenvalue weighted by atomic mass is 10.0. The number of aromatic amines is 1. The molecular weight excluding hydrogens is 266 g/mol. The van der Waals surface area contributed by atoms with Gasteiger partial charge in [0.1, 0.15) is 6.61 Å². The van der Waals surface area contributed by atoms with Crippen molar-refractivity contribution < 1.29 is 21.9 Å². The van der Waals surface area contributed by atoms with E-state index in [9.17, 15) is 4.79 Å². The summed E-state index contributed by atoms with van der Waals surface area (Å²) in [6, 6.07) is -1.13. The van der Waals surface area contributed by atoms with E-state index < -0.39 is 32.0 Å². The predicted molar refractivity (Wildman–Crippen MR) is 82.5 cm³/mol. The Labute approximate surface area is 136 Å². The number of fused-ring (bicyclic) bond motifs is 1. The van der Waals surface area contributed by atoms with Gasteiger partial charge in [-0.25, -0.2) is 4.79 Å². The Bertz CT molecular complexity index is 1000. The first-order valence-electron chi connectivity index (χ1n) is 11.0. The molecule has 1 aromatic carbocycles. The molecule has 5 heteroatoms. The first-order chi connectivity index (χ1) is 13.7. The molecule has 1 atom stereocenters. The lowest BCUT2D eigenvalue weighted by Gasteiger charge is -2.09. The second-order valence-corrected chi connectivity index (χ2v) is 4.87. The molecule has 0 spiro atoms. The number of likely N-dealkylation sites (N-methyl/N-ethyl adjacent to an activating group) is 1. The number of benzene rings is 1. The molecule has 0 saturated carbocycles. The van der Waals surface area contributed by atoms with Crippen LogP contribution in [-0.2, 0) is 17.6 Å². The molecule has 1 saturated heterocycles. The Morgan fingerprint density at radius 1 is 1.62 bits per heavy atom. The Morgan fingerprint density at radius 2 is 2.52 bits per heavy atom. The summed E-state index contributed by atoms with van der Waals surface area (Å²) in [5, 5.41) is 2.65. The van der Waals surface area contributed by atoms with Gasteiger partial charge >= 0.3 is 6.09 Å². The van der Waals surface area contributed by atoms with Gasteiger partial charge in [0.25, 0.3) is 0 Å². The fraction of sp³-hybridized carbons (Fsp3) is 0.438. The number of carbonyl (C=O) groups excluding carboxylic acids is 1. The summed E-state index contributed by atoms with van der Waals surface area (Å²) in [7, 11) is 1.11. The Morgan fingerprint density at radius 3 is 3.29 bits per heavy atom. The molecule has 0 bridgehead atoms. The van der Waals surface area contributed by atoms with Crippen molar-refractivity contribution in [2.45, 2.75) is 18.9 Å². The molecule has 3 rings (SSSR count). The fourth-order valence-electron chi connectivity index (χ4n) is 2.18. The van der Waals surface area contributed by atoms with Crippen LogP contribution in [-0.4, -0.2) is 49.1 Å². The summed E-state index contributed by atoms with van der Waals surface area (Å²) in [5.41, 5.74) is 0.263. The molecule has 112 valence electrons. The number of carbonyl (C=O) groups is 1. The number of rotatable bonds is 5. The van der Waals surface area contributed by atoms with Crippen LogP contribution in [0.15, 0.2) is 24.3 Å². The van der Waals surface area contributed by atoms with E-state index in [2.05, 4.69) is 10.3 Å². The zero-order valence-electron chi connectivity index (χ0n) is 20.5. The van der Waals surface area contributed by atoms with Gasteiger partial charge in [-0.3, -0.25) is 0 Å². The summed E-state index contributed by atoms with van der Waals surface area (Å²) >= 11 is 0. The van der Waals surface area contributed by atoms with Crippen molar-refractivity contribution in [3.63, 3.8) is 0 Å². The summed E-state index contributed by atoms with van der Waals surface area (Å²) in [6.07, 6.45) is -1.30. The van der Waals surface area contributed by atoms with Crippen molar-refractivity contribution in [1.82, 2.24) is 15.2 Å². The number of hydrogen-bond donors (Lipinski definition) is 2. The topological polar surface area (TPSA) is 57.4 Å². The van der Waals surface area contributed by atoms with Gasteiger partial charge in [0.15, 0.2) is 0 Å².